The van der Waals surface area contributed by atoms with Gasteiger partial charge in [0.2, 0.25) is 6.29 Å². The van der Waals surface area contributed by atoms with Crippen LogP contribution in [0.15, 0.2) is 60.4 Å². The minimum atomic E-state index is -1.93. The molecule has 7 rings (SSSR count). The van der Waals surface area contributed by atoms with Crippen LogP contribution < -0.4 is 4.74 Å². The van der Waals surface area contributed by atoms with Gasteiger partial charge in [0.1, 0.15) is 103 Å². The lowest BCUT2D eigenvalue weighted by Gasteiger charge is -2.44. The molecule has 3 fully saturated rings. The summed E-state index contributed by atoms with van der Waals surface area (Å²) >= 11 is 0. The second-order valence-corrected chi connectivity index (χ2v) is 14.6. The summed E-state index contributed by atoms with van der Waals surface area (Å²) in [5, 5.41) is 136. The van der Waals surface area contributed by atoms with E-state index in [0.717, 1.165) is 18.2 Å². The Morgan fingerprint density at radius 2 is 1.21 bits per heavy atom. The fourth-order valence-electron chi connectivity index (χ4n) is 7.02. The number of benzene rings is 3. The standard InChI is InChI=1S/C39H44O22/c40-16-4-1-14(2-5-16)36(52)55-12-25-27(45)30(48)33(51)38(60-25)56-13-26-28(46)31(49)35(54-11-24-29(47)32(50)37(53)58-24)39(61-26)59-23-10-18-20(43)8-17(41)9-22(18)57-34(23)15-3-6-19(42)21(44)7-15/h1-10,24-35,37-51,53H,11-13H2/t24?,25-,26-,27-,28+,29+,30+,31+,32-,33-,34?,35-,37-,38-,39-/m1/s1. The van der Waals surface area contributed by atoms with Gasteiger partial charge in [-0.15, -0.1) is 0 Å². The zero-order valence-electron chi connectivity index (χ0n) is 31.5. The number of hydrogen-bond acceptors (Lipinski definition) is 22. The minimum absolute atomic E-state index is 0.00118. The van der Waals surface area contributed by atoms with Gasteiger partial charge in [-0.1, -0.05) is 6.07 Å². The number of phenols is 5. The van der Waals surface area contributed by atoms with Gasteiger partial charge < -0.3 is 104 Å². The molecule has 13 N–H and O–H groups in total. The first-order chi connectivity index (χ1) is 29.0. The van der Waals surface area contributed by atoms with E-state index in [1.54, 1.807) is 0 Å². The van der Waals surface area contributed by atoms with Crippen molar-refractivity contribution in [1.29, 1.82) is 0 Å². The summed E-state index contributed by atoms with van der Waals surface area (Å²) in [6, 6.07) is 10.9. The molecule has 15 atom stereocenters. The van der Waals surface area contributed by atoms with Crippen molar-refractivity contribution in [1.82, 2.24) is 0 Å². The average Bonchev–Trinajstić information content (AvgIpc) is 3.47. The molecule has 3 aromatic rings. The number of carbonyl (C=O) groups excluding carboxylic acids is 1. The molecule has 332 valence electrons. The van der Waals surface area contributed by atoms with Gasteiger partial charge >= 0.3 is 5.97 Å². The summed E-state index contributed by atoms with van der Waals surface area (Å²) in [5.41, 5.74) is 0.198. The Hall–Kier alpha value is -5.05. The molecule has 0 aromatic heterocycles. The topological polar surface area (TPSA) is 354 Å². The molecule has 61 heavy (non-hydrogen) atoms. The molecule has 3 saturated heterocycles. The normalized spacial score (nSPS) is 34.8. The molecule has 0 amide bonds. The Kier molecular flexibility index (Phi) is 13.1. The number of aliphatic hydroxyl groups excluding tert-OH is 8. The van der Waals surface area contributed by atoms with E-state index < -0.39 is 135 Å². The van der Waals surface area contributed by atoms with Gasteiger partial charge in [-0.05, 0) is 42.5 Å². The lowest BCUT2D eigenvalue weighted by molar-refractivity contribution is -0.332. The summed E-state index contributed by atoms with van der Waals surface area (Å²) < 4.78 is 45.9. The first-order valence-corrected chi connectivity index (χ1v) is 18.7. The van der Waals surface area contributed by atoms with Crippen LogP contribution in [0.3, 0.4) is 0 Å². The number of hydrogen-bond donors (Lipinski definition) is 13. The number of aromatic hydroxyl groups is 5. The van der Waals surface area contributed by atoms with Gasteiger partial charge in [0.15, 0.2) is 30.2 Å². The number of carbonyl (C=O) groups is 1. The molecular weight excluding hydrogens is 820 g/mol. The van der Waals surface area contributed by atoms with Crippen LogP contribution in [0.2, 0.25) is 0 Å². The van der Waals surface area contributed by atoms with Crippen LogP contribution in [-0.4, -0.2) is 178 Å². The second kappa shape index (κ2) is 18.1. The van der Waals surface area contributed by atoms with Crippen LogP contribution in [0, 0.1) is 0 Å². The largest absolute Gasteiger partial charge is 0.508 e. The molecule has 0 spiro atoms. The van der Waals surface area contributed by atoms with Gasteiger partial charge in [-0.3, -0.25) is 0 Å². The van der Waals surface area contributed by atoms with Gasteiger partial charge in [0.25, 0.3) is 0 Å². The van der Waals surface area contributed by atoms with Crippen molar-refractivity contribution in [2.24, 2.45) is 0 Å². The van der Waals surface area contributed by atoms with Crippen molar-refractivity contribution in [2.45, 2.75) is 92.1 Å². The first kappa shape index (κ1) is 44.0. The number of rotatable bonds is 12. The molecule has 4 aliphatic rings. The molecule has 3 aromatic carbocycles. The highest BCUT2D eigenvalue weighted by Gasteiger charge is 2.51. The quantitative estimate of drug-likeness (QED) is 0.0670. The summed E-state index contributed by atoms with van der Waals surface area (Å²) in [6.45, 7) is -1.99. The molecule has 22 heteroatoms. The summed E-state index contributed by atoms with van der Waals surface area (Å²) in [5.74, 6) is -3.08. The summed E-state index contributed by atoms with van der Waals surface area (Å²) in [4.78, 5) is 12.5. The van der Waals surface area contributed by atoms with Crippen molar-refractivity contribution in [3.8, 4) is 34.5 Å². The van der Waals surface area contributed by atoms with Crippen LogP contribution >= 0.6 is 0 Å². The summed E-state index contributed by atoms with van der Waals surface area (Å²) in [7, 11) is 0. The number of phenolic OH excluding ortho intramolecular Hbond substituents is 5. The van der Waals surface area contributed by atoms with Crippen LogP contribution in [0.1, 0.15) is 27.6 Å². The Bertz CT molecular complexity index is 2050. The highest BCUT2D eigenvalue weighted by Crippen LogP contribution is 2.45. The molecule has 22 nitrogen and oxygen atoms in total. The van der Waals surface area contributed by atoms with E-state index in [1.165, 1.54) is 42.5 Å². The number of esters is 1. The van der Waals surface area contributed by atoms with Crippen molar-refractivity contribution < 1.29 is 109 Å². The van der Waals surface area contributed by atoms with E-state index in [0.29, 0.717) is 0 Å². The maximum absolute atomic E-state index is 12.5. The molecule has 4 heterocycles. The van der Waals surface area contributed by atoms with E-state index in [4.69, 9.17) is 37.9 Å². The monoisotopic (exact) mass is 864 g/mol. The van der Waals surface area contributed by atoms with E-state index in [9.17, 15) is 71.2 Å². The van der Waals surface area contributed by atoms with Crippen LogP contribution in [0.4, 0.5) is 0 Å². The number of fused-ring (bicyclic) bond motifs is 1. The summed E-state index contributed by atoms with van der Waals surface area (Å²) in [6.07, 6.45) is -24.2. The Labute approximate surface area is 344 Å². The van der Waals surface area contributed by atoms with Crippen molar-refractivity contribution >= 4 is 12.0 Å². The van der Waals surface area contributed by atoms with Gasteiger partial charge in [-0.2, -0.15) is 0 Å². The lowest BCUT2D eigenvalue weighted by atomic mass is 9.97. The Morgan fingerprint density at radius 1 is 0.574 bits per heavy atom. The SMILES string of the molecule is O=C(OC[C@H]1O[C@@H](OC[C@H]2O[C@@H](OC3=Cc4c(O)cc(O)cc4OC3c3ccc(O)c(O)c3)[C@H](OCC3O[C@@H](O)[C@H](O)[C@H]3O)[C@@H](O)[C@H]2O)[C@H](O)[C@@H](O)[C@@H]1O)c1ccc(O)cc1. The Morgan fingerprint density at radius 3 is 1.90 bits per heavy atom. The molecular formula is C39H44O22. The van der Waals surface area contributed by atoms with Crippen molar-refractivity contribution in [2.75, 3.05) is 19.8 Å². The molecule has 0 saturated carbocycles. The lowest BCUT2D eigenvalue weighted by Crippen LogP contribution is -2.62. The van der Waals surface area contributed by atoms with Crippen LogP contribution in [0.25, 0.3) is 6.08 Å². The van der Waals surface area contributed by atoms with E-state index >= 15 is 0 Å². The average molecular weight is 865 g/mol. The number of ether oxygens (including phenoxy) is 8. The zero-order chi connectivity index (χ0) is 43.9. The zero-order valence-corrected chi connectivity index (χ0v) is 31.5. The van der Waals surface area contributed by atoms with Crippen molar-refractivity contribution in [3.05, 3.63) is 77.0 Å². The molecule has 0 radical (unpaired) electrons. The predicted octanol–water partition coefficient (Wildman–Crippen LogP) is -2.34. The first-order valence-electron chi connectivity index (χ1n) is 18.7. The van der Waals surface area contributed by atoms with Crippen molar-refractivity contribution in [3.63, 3.8) is 0 Å². The molecule has 2 unspecified atom stereocenters. The molecule has 0 aliphatic carbocycles. The fourth-order valence-corrected chi connectivity index (χ4v) is 7.02. The van der Waals surface area contributed by atoms with Gasteiger partial charge in [0.05, 0.1) is 24.3 Å². The Balaban J connectivity index is 1.12. The van der Waals surface area contributed by atoms with Gasteiger partial charge in [0, 0.05) is 17.7 Å². The van der Waals surface area contributed by atoms with E-state index in [2.05, 4.69) is 0 Å². The minimum Gasteiger partial charge on any atom is -0.508 e. The molecule has 0 bridgehead atoms. The highest BCUT2D eigenvalue weighted by atomic mass is 16.7. The van der Waals surface area contributed by atoms with E-state index in [-0.39, 0.29) is 39.7 Å². The van der Waals surface area contributed by atoms with Crippen LogP contribution in [0.5, 0.6) is 34.5 Å². The maximum atomic E-state index is 12.5. The van der Waals surface area contributed by atoms with E-state index in [1.807, 2.05) is 0 Å². The highest BCUT2D eigenvalue weighted by molar-refractivity contribution is 5.89. The molecule has 4 aliphatic heterocycles. The smallest absolute Gasteiger partial charge is 0.338 e. The third-order valence-electron chi connectivity index (χ3n) is 10.5. The third kappa shape index (κ3) is 9.27. The van der Waals surface area contributed by atoms with Gasteiger partial charge in [-0.25, -0.2) is 4.79 Å². The predicted molar refractivity (Wildman–Crippen MR) is 196 cm³/mol. The van der Waals surface area contributed by atoms with Crippen LogP contribution in [-0.2, 0) is 33.2 Å². The third-order valence-corrected chi connectivity index (χ3v) is 10.5. The number of aliphatic hydroxyl groups is 8. The maximum Gasteiger partial charge on any atom is 0.338 e. The fraction of sp³-hybridized carbons (Fsp3) is 0.462. The second-order valence-electron chi connectivity index (χ2n) is 14.6.